The minimum Gasteiger partial charge on any atom is -0.506 e. The third kappa shape index (κ3) is 1.66. The Balaban J connectivity index is 2.26. The molecule has 1 aromatic carbocycles. The van der Waals surface area contributed by atoms with E-state index < -0.39 is 0 Å². The summed E-state index contributed by atoms with van der Waals surface area (Å²) < 4.78 is 0.727. The van der Waals surface area contributed by atoms with Gasteiger partial charge in [0.1, 0.15) is 5.75 Å². The first kappa shape index (κ1) is 9.99. The van der Waals surface area contributed by atoms with Gasteiger partial charge in [0.15, 0.2) is 0 Å². The van der Waals surface area contributed by atoms with Crippen LogP contribution in [0.25, 0.3) is 0 Å². The summed E-state index contributed by atoms with van der Waals surface area (Å²) in [6, 6.07) is 5.63. The van der Waals surface area contributed by atoms with Crippen molar-refractivity contribution in [1.82, 2.24) is 0 Å². The van der Waals surface area contributed by atoms with Gasteiger partial charge in [-0.3, -0.25) is 0 Å². The van der Waals surface area contributed by atoms with Gasteiger partial charge in [-0.05, 0) is 40.8 Å². The highest BCUT2D eigenvalue weighted by molar-refractivity contribution is 9.10. The minimum atomic E-state index is -0.0127. The summed E-state index contributed by atoms with van der Waals surface area (Å²) >= 11 is 3.30. The first-order chi connectivity index (χ1) is 6.70. The van der Waals surface area contributed by atoms with Crippen molar-refractivity contribution in [2.45, 2.75) is 25.3 Å². The van der Waals surface area contributed by atoms with Crippen LogP contribution < -0.4 is 5.73 Å². The number of aromatic hydroxyl groups is 1. The molecule has 14 heavy (non-hydrogen) atoms. The lowest BCUT2D eigenvalue weighted by Gasteiger charge is -2.31. The maximum absolute atomic E-state index is 9.81. The maximum atomic E-state index is 9.81. The minimum absolute atomic E-state index is 0.0127. The second kappa shape index (κ2) is 3.91. The van der Waals surface area contributed by atoms with E-state index in [2.05, 4.69) is 15.9 Å². The topological polar surface area (TPSA) is 46.2 Å². The fourth-order valence-electron chi connectivity index (χ4n) is 1.85. The van der Waals surface area contributed by atoms with E-state index in [1.54, 1.807) is 0 Å². The van der Waals surface area contributed by atoms with E-state index in [1.165, 1.54) is 19.3 Å². The molecule has 0 aliphatic heterocycles. The van der Waals surface area contributed by atoms with Gasteiger partial charge in [-0.2, -0.15) is 0 Å². The molecule has 1 saturated carbocycles. The van der Waals surface area contributed by atoms with Crippen molar-refractivity contribution < 1.29 is 5.11 Å². The van der Waals surface area contributed by atoms with E-state index in [0.717, 1.165) is 10.0 Å². The Labute approximate surface area is 92.3 Å². The van der Waals surface area contributed by atoms with Crippen molar-refractivity contribution in [2.24, 2.45) is 11.7 Å². The SMILES string of the molecule is NC(c1cccc(Br)c1O)C1CCC1. The zero-order chi connectivity index (χ0) is 10.1. The van der Waals surface area contributed by atoms with Gasteiger partial charge >= 0.3 is 0 Å². The lowest BCUT2D eigenvalue weighted by atomic mass is 9.77. The van der Waals surface area contributed by atoms with E-state index in [4.69, 9.17) is 5.73 Å². The van der Waals surface area contributed by atoms with Gasteiger partial charge in [-0.1, -0.05) is 18.6 Å². The zero-order valence-corrected chi connectivity index (χ0v) is 9.50. The number of phenolic OH excluding ortho intramolecular Hbond substituents is 1. The Morgan fingerprint density at radius 2 is 2.14 bits per heavy atom. The van der Waals surface area contributed by atoms with Crippen LogP contribution in [0.2, 0.25) is 0 Å². The molecule has 0 spiro atoms. The maximum Gasteiger partial charge on any atom is 0.134 e. The molecule has 1 aliphatic rings. The third-order valence-corrected chi connectivity index (χ3v) is 3.67. The highest BCUT2D eigenvalue weighted by Gasteiger charge is 2.27. The van der Waals surface area contributed by atoms with Crippen LogP contribution in [-0.2, 0) is 0 Å². The van der Waals surface area contributed by atoms with Crippen LogP contribution in [0.15, 0.2) is 22.7 Å². The zero-order valence-electron chi connectivity index (χ0n) is 7.91. The summed E-state index contributed by atoms with van der Waals surface area (Å²) in [5, 5.41) is 9.81. The first-order valence-corrected chi connectivity index (χ1v) is 5.72. The third-order valence-electron chi connectivity index (χ3n) is 3.03. The van der Waals surface area contributed by atoms with Crippen molar-refractivity contribution in [3.05, 3.63) is 28.2 Å². The van der Waals surface area contributed by atoms with Crippen molar-refractivity contribution in [2.75, 3.05) is 0 Å². The molecule has 76 valence electrons. The van der Waals surface area contributed by atoms with Gasteiger partial charge in [0.05, 0.1) is 4.47 Å². The van der Waals surface area contributed by atoms with Crippen LogP contribution >= 0.6 is 15.9 Å². The van der Waals surface area contributed by atoms with Gasteiger partial charge in [-0.15, -0.1) is 0 Å². The number of para-hydroxylation sites is 1. The fraction of sp³-hybridized carbons (Fsp3) is 0.455. The number of halogens is 1. The predicted octanol–water partition coefficient (Wildman–Crippen LogP) is 2.95. The van der Waals surface area contributed by atoms with Gasteiger partial charge in [-0.25, -0.2) is 0 Å². The second-order valence-electron chi connectivity index (χ2n) is 3.89. The molecule has 0 aromatic heterocycles. The largest absolute Gasteiger partial charge is 0.506 e. The molecule has 1 unspecified atom stereocenters. The summed E-state index contributed by atoms with van der Waals surface area (Å²) in [4.78, 5) is 0. The van der Waals surface area contributed by atoms with E-state index in [0.29, 0.717) is 11.7 Å². The van der Waals surface area contributed by atoms with Crippen LogP contribution in [0.3, 0.4) is 0 Å². The summed E-state index contributed by atoms with van der Waals surface area (Å²) in [5.74, 6) is 0.849. The molecule has 1 aliphatic carbocycles. The monoisotopic (exact) mass is 255 g/mol. The number of nitrogens with two attached hydrogens (primary N) is 1. The van der Waals surface area contributed by atoms with E-state index in [1.807, 2.05) is 18.2 Å². The second-order valence-corrected chi connectivity index (χ2v) is 4.75. The van der Waals surface area contributed by atoms with Crippen LogP contribution in [0.5, 0.6) is 5.75 Å². The molecule has 2 rings (SSSR count). The highest BCUT2D eigenvalue weighted by Crippen LogP contribution is 2.40. The van der Waals surface area contributed by atoms with Crippen LogP contribution in [0, 0.1) is 5.92 Å². The Hall–Kier alpha value is -0.540. The number of benzene rings is 1. The van der Waals surface area contributed by atoms with Gasteiger partial charge < -0.3 is 10.8 Å². The molecular formula is C11H14BrNO. The van der Waals surface area contributed by atoms with E-state index in [-0.39, 0.29) is 6.04 Å². The molecule has 1 fully saturated rings. The average Bonchev–Trinajstić information content (AvgIpc) is 2.06. The molecule has 0 heterocycles. The molecule has 1 aromatic rings. The number of rotatable bonds is 2. The van der Waals surface area contributed by atoms with Crippen molar-refractivity contribution in [1.29, 1.82) is 0 Å². The van der Waals surface area contributed by atoms with Crippen molar-refractivity contribution in [3.8, 4) is 5.75 Å². The number of hydrogen-bond acceptors (Lipinski definition) is 2. The van der Waals surface area contributed by atoms with E-state index >= 15 is 0 Å². The Kier molecular flexibility index (Phi) is 2.79. The average molecular weight is 256 g/mol. The Morgan fingerprint density at radius 3 is 2.71 bits per heavy atom. The Morgan fingerprint density at radius 1 is 1.43 bits per heavy atom. The quantitative estimate of drug-likeness (QED) is 0.854. The van der Waals surface area contributed by atoms with Gasteiger partial charge in [0.2, 0.25) is 0 Å². The first-order valence-electron chi connectivity index (χ1n) is 4.93. The molecule has 0 amide bonds. The molecule has 3 heteroatoms. The summed E-state index contributed by atoms with van der Waals surface area (Å²) in [7, 11) is 0. The summed E-state index contributed by atoms with van der Waals surface area (Å²) in [6.07, 6.45) is 3.65. The Bertz CT molecular complexity index is 336. The highest BCUT2D eigenvalue weighted by atomic mass is 79.9. The van der Waals surface area contributed by atoms with Crippen molar-refractivity contribution >= 4 is 15.9 Å². The lowest BCUT2D eigenvalue weighted by Crippen LogP contribution is -2.26. The smallest absolute Gasteiger partial charge is 0.134 e. The molecule has 0 saturated heterocycles. The summed E-state index contributed by atoms with van der Waals surface area (Å²) in [6.45, 7) is 0. The lowest BCUT2D eigenvalue weighted by molar-refractivity contribution is 0.260. The number of phenols is 1. The molecular weight excluding hydrogens is 242 g/mol. The van der Waals surface area contributed by atoms with Gasteiger partial charge in [0.25, 0.3) is 0 Å². The van der Waals surface area contributed by atoms with Crippen molar-refractivity contribution in [3.63, 3.8) is 0 Å². The number of hydrogen-bond donors (Lipinski definition) is 2. The summed E-state index contributed by atoms with van der Waals surface area (Å²) in [5.41, 5.74) is 6.95. The fourth-order valence-corrected chi connectivity index (χ4v) is 2.24. The van der Waals surface area contributed by atoms with Crippen LogP contribution in [-0.4, -0.2) is 5.11 Å². The molecule has 2 nitrogen and oxygen atoms in total. The van der Waals surface area contributed by atoms with Crippen LogP contribution in [0.4, 0.5) is 0 Å². The molecule has 0 bridgehead atoms. The normalized spacial score (nSPS) is 19.0. The van der Waals surface area contributed by atoms with Gasteiger partial charge in [0, 0.05) is 11.6 Å². The van der Waals surface area contributed by atoms with Crippen LogP contribution in [0.1, 0.15) is 30.9 Å². The van der Waals surface area contributed by atoms with E-state index in [9.17, 15) is 5.11 Å². The standard InChI is InChI=1S/C11H14BrNO/c12-9-6-2-5-8(11(9)14)10(13)7-3-1-4-7/h2,5-7,10,14H,1,3-4,13H2. The molecule has 0 radical (unpaired) electrons. The molecule has 1 atom stereocenters. The molecule has 3 N–H and O–H groups in total. The predicted molar refractivity (Wildman–Crippen MR) is 60.1 cm³/mol.